The van der Waals surface area contributed by atoms with Crippen molar-refractivity contribution in [3.05, 3.63) is 54.1 Å². The molecule has 0 radical (unpaired) electrons. The smallest absolute Gasteiger partial charge is 0.418 e. The van der Waals surface area contributed by atoms with Crippen LogP contribution in [-0.4, -0.2) is 23.5 Å². The van der Waals surface area contributed by atoms with E-state index in [1.165, 1.54) is 30.0 Å². The van der Waals surface area contributed by atoms with E-state index >= 15 is 0 Å². The molecule has 0 aliphatic rings. The molecule has 0 aliphatic carbocycles. The number of thioether (sulfide) groups is 1. The van der Waals surface area contributed by atoms with Gasteiger partial charge in [-0.3, -0.25) is 4.79 Å². The van der Waals surface area contributed by atoms with E-state index in [1.807, 2.05) is 0 Å². The summed E-state index contributed by atoms with van der Waals surface area (Å²) in [5, 5.41) is 17.4. The fraction of sp³-hybridized carbons (Fsp3) is 0.250. The number of nitrogens with zero attached hydrogens (tertiary/aromatic N) is 2. The van der Waals surface area contributed by atoms with Gasteiger partial charge in [-0.05, 0) is 47.1 Å². The highest BCUT2D eigenvalue weighted by Gasteiger charge is 2.35. The van der Waals surface area contributed by atoms with Crippen LogP contribution in [-0.2, 0) is 11.0 Å². The minimum Gasteiger partial charge on any atom is -0.538 e. The molecule has 3 aromatic rings. The van der Waals surface area contributed by atoms with Gasteiger partial charge in [0.15, 0.2) is 5.95 Å². The lowest BCUT2D eigenvalue weighted by atomic mass is 10.1. The van der Waals surface area contributed by atoms with Crippen LogP contribution >= 0.6 is 11.8 Å². The Morgan fingerprint density at radius 2 is 1.94 bits per heavy atom. The molecule has 0 saturated carbocycles. The van der Waals surface area contributed by atoms with Crippen molar-refractivity contribution >= 4 is 23.4 Å². The molecule has 1 heterocycles. The van der Waals surface area contributed by atoms with Crippen LogP contribution < -0.4 is 19.8 Å². The molecule has 1 N–H and O–H groups in total. The number of hydrogen-bond donors (Lipinski definition) is 1. The molecular weight excluding hydrogens is 435 g/mol. The minimum absolute atomic E-state index is 0.0243. The lowest BCUT2D eigenvalue weighted by Crippen LogP contribution is -2.36. The molecule has 0 fully saturated rings. The Balaban J connectivity index is 1.84. The molecule has 1 amide bonds. The lowest BCUT2D eigenvalue weighted by molar-refractivity contribution is -0.705. The van der Waals surface area contributed by atoms with Crippen molar-refractivity contribution in [3.63, 3.8) is 0 Å². The van der Waals surface area contributed by atoms with Gasteiger partial charge in [-0.15, -0.1) is 0 Å². The van der Waals surface area contributed by atoms with E-state index in [1.54, 1.807) is 31.2 Å². The first kappa shape index (κ1) is 22.5. The highest BCUT2D eigenvalue weighted by Crippen LogP contribution is 2.35. The highest BCUT2D eigenvalue weighted by atomic mass is 32.2. The van der Waals surface area contributed by atoms with E-state index in [2.05, 4.69) is 10.6 Å². The molecule has 0 saturated heterocycles. The number of rotatable bonds is 7. The first-order chi connectivity index (χ1) is 14.7. The van der Waals surface area contributed by atoms with Crippen LogP contribution in [0.1, 0.15) is 18.9 Å². The number of carbonyl (C=O) groups is 1. The van der Waals surface area contributed by atoms with E-state index < -0.39 is 28.8 Å². The number of anilines is 1. The summed E-state index contributed by atoms with van der Waals surface area (Å²) in [5.41, 5.74) is -0.812. The number of para-hydroxylation sites is 1. The van der Waals surface area contributed by atoms with Crippen molar-refractivity contribution in [2.45, 2.75) is 29.8 Å². The number of nitrogens with one attached hydrogen (secondary N) is 1. The van der Waals surface area contributed by atoms with Gasteiger partial charge in [0.05, 0.1) is 28.9 Å². The van der Waals surface area contributed by atoms with Gasteiger partial charge in [0.25, 0.3) is 5.03 Å². The summed E-state index contributed by atoms with van der Waals surface area (Å²) in [6.07, 6.45) is -4.37. The zero-order valence-corrected chi connectivity index (χ0v) is 17.3. The second-order valence-corrected chi connectivity index (χ2v) is 7.51. The molecule has 164 valence electrons. The Bertz CT molecular complexity index is 1050. The molecule has 31 heavy (non-hydrogen) atoms. The molecule has 1 unspecified atom stereocenters. The van der Waals surface area contributed by atoms with E-state index in [0.29, 0.717) is 11.4 Å². The Hall–Kier alpha value is -3.21. The van der Waals surface area contributed by atoms with Crippen molar-refractivity contribution in [3.8, 4) is 17.4 Å². The Morgan fingerprint density at radius 3 is 2.55 bits per heavy atom. The van der Waals surface area contributed by atoms with Crippen molar-refractivity contribution in [1.29, 1.82) is 0 Å². The van der Waals surface area contributed by atoms with Gasteiger partial charge in [-0.1, -0.05) is 19.1 Å². The van der Waals surface area contributed by atoms with E-state index in [4.69, 9.17) is 9.26 Å². The minimum atomic E-state index is -4.62. The number of hydrogen-bond acceptors (Lipinski definition) is 6. The Labute approximate surface area is 179 Å². The Morgan fingerprint density at radius 1 is 1.26 bits per heavy atom. The monoisotopic (exact) mass is 453 g/mol. The van der Waals surface area contributed by atoms with Crippen LogP contribution in [0.4, 0.5) is 18.9 Å². The average Bonchev–Trinajstić information content (AvgIpc) is 3.11. The largest absolute Gasteiger partial charge is 0.538 e. The summed E-state index contributed by atoms with van der Waals surface area (Å²) in [4.78, 5) is 12.7. The van der Waals surface area contributed by atoms with E-state index in [0.717, 1.165) is 17.8 Å². The molecule has 1 aromatic heterocycles. The highest BCUT2D eigenvalue weighted by molar-refractivity contribution is 8.00. The number of ether oxygens (including phenoxy) is 1. The number of benzene rings is 2. The molecule has 2 aromatic carbocycles. The van der Waals surface area contributed by atoms with Gasteiger partial charge >= 0.3 is 6.18 Å². The quantitative estimate of drug-likeness (QED) is 0.435. The van der Waals surface area contributed by atoms with Crippen molar-refractivity contribution < 1.29 is 37.0 Å². The number of amides is 1. The molecule has 0 aliphatic heterocycles. The zero-order valence-electron chi connectivity index (χ0n) is 16.5. The van der Waals surface area contributed by atoms with Gasteiger partial charge in [0, 0.05) is 12.1 Å². The fourth-order valence-corrected chi connectivity index (χ4v) is 3.71. The third-order valence-electron chi connectivity index (χ3n) is 4.30. The first-order valence-electron chi connectivity index (χ1n) is 9.11. The number of halogens is 3. The maximum atomic E-state index is 13.2. The first-order valence-corrected chi connectivity index (χ1v) is 9.99. The van der Waals surface area contributed by atoms with Crippen LogP contribution in [0.3, 0.4) is 0 Å². The van der Waals surface area contributed by atoms with Gasteiger partial charge in [0.2, 0.25) is 11.6 Å². The van der Waals surface area contributed by atoms with Crippen molar-refractivity contribution in [2.75, 3.05) is 12.4 Å². The summed E-state index contributed by atoms with van der Waals surface area (Å²) in [6.45, 7) is 1.68. The van der Waals surface area contributed by atoms with Crippen molar-refractivity contribution in [2.24, 2.45) is 0 Å². The van der Waals surface area contributed by atoms with Crippen LogP contribution in [0.15, 0.2) is 58.1 Å². The number of carbonyl (C=O) groups excluding carboxylic acids is 1. The van der Waals surface area contributed by atoms with E-state index in [9.17, 15) is 23.1 Å². The summed E-state index contributed by atoms with van der Waals surface area (Å²) in [6, 6.07) is 11.3. The van der Waals surface area contributed by atoms with Gasteiger partial charge < -0.3 is 19.7 Å². The fourth-order valence-electron chi connectivity index (χ4n) is 2.74. The summed E-state index contributed by atoms with van der Waals surface area (Å²) < 4.78 is 50.7. The molecule has 0 bridgehead atoms. The molecular formula is C20H18F3N3O4S. The standard InChI is InChI=1S/C20H18F3N3O4S/c1-3-16(17(27)24-15-7-5-4-6-14(15)20(21,22)23)31-18-19(28)30-25-26(18)12-8-10-13(29-2)11-9-12/h4-11,16H,3H2,1-2H3,(H-,24,25,27,28). The topological polar surface area (TPSA) is 91.3 Å². The second kappa shape index (κ2) is 9.29. The second-order valence-electron chi connectivity index (χ2n) is 6.32. The average molecular weight is 453 g/mol. The van der Waals surface area contributed by atoms with Gasteiger partial charge in [-0.25, -0.2) is 0 Å². The normalized spacial score (nSPS) is 12.4. The van der Waals surface area contributed by atoms with Gasteiger partial charge in [-0.2, -0.15) is 13.2 Å². The molecule has 11 heteroatoms. The Kier molecular flexibility index (Phi) is 6.74. The summed E-state index contributed by atoms with van der Waals surface area (Å²) in [5.74, 6) is -0.840. The van der Waals surface area contributed by atoms with Crippen LogP contribution in [0, 0.1) is 0 Å². The predicted octanol–water partition coefficient (Wildman–Crippen LogP) is 3.56. The van der Waals surface area contributed by atoms with Crippen LogP contribution in [0.25, 0.3) is 5.69 Å². The predicted molar refractivity (Wildman–Crippen MR) is 104 cm³/mol. The third kappa shape index (κ3) is 5.10. The number of aromatic nitrogens is 2. The third-order valence-corrected chi connectivity index (χ3v) is 5.69. The molecule has 1 atom stereocenters. The SMILES string of the molecule is CCC(Sc1c([O-])on[n+]1-c1ccc(OC)cc1)C(=O)Nc1ccccc1C(F)(F)F. The van der Waals surface area contributed by atoms with Crippen molar-refractivity contribution in [1.82, 2.24) is 5.27 Å². The van der Waals surface area contributed by atoms with Crippen LogP contribution in [0.2, 0.25) is 0 Å². The van der Waals surface area contributed by atoms with E-state index in [-0.39, 0.29) is 17.1 Å². The summed E-state index contributed by atoms with van der Waals surface area (Å²) >= 11 is 0.864. The zero-order chi connectivity index (χ0) is 22.6. The number of methoxy groups -OCH3 is 1. The molecule has 7 nitrogen and oxygen atoms in total. The van der Waals surface area contributed by atoms with Crippen LogP contribution in [0.5, 0.6) is 11.7 Å². The maximum Gasteiger partial charge on any atom is 0.418 e. The maximum absolute atomic E-state index is 13.2. The number of alkyl halides is 3. The lowest BCUT2D eigenvalue weighted by Gasteiger charge is -2.16. The summed E-state index contributed by atoms with van der Waals surface area (Å²) in [7, 11) is 1.51. The van der Waals surface area contributed by atoms with Gasteiger partial charge in [0.1, 0.15) is 5.75 Å². The molecule has 3 rings (SSSR count). The molecule has 0 spiro atoms.